The van der Waals surface area contributed by atoms with E-state index >= 15 is 0 Å². The van der Waals surface area contributed by atoms with Crippen molar-refractivity contribution in [1.29, 1.82) is 0 Å². The van der Waals surface area contributed by atoms with Crippen LogP contribution in [0.15, 0.2) is 12.5 Å². The fourth-order valence-corrected chi connectivity index (χ4v) is 3.91. The monoisotopic (exact) mass is 394 g/mol. The number of ether oxygens (including phenoxy) is 1. The van der Waals surface area contributed by atoms with Crippen LogP contribution in [0, 0.1) is 16.7 Å². The average molecular weight is 395 g/mol. The number of rotatable bonds is 11. The van der Waals surface area contributed by atoms with E-state index in [-0.39, 0.29) is 16.8 Å². The van der Waals surface area contributed by atoms with Gasteiger partial charge in [-0.3, -0.25) is 4.79 Å². The number of carbonyl (C=O) groups is 1. The average Bonchev–Trinajstić information content (AvgIpc) is 3.00. The molecular formula is C23H44N3O2+. The van der Waals surface area contributed by atoms with Gasteiger partial charge in [0, 0.05) is 25.1 Å². The highest BCUT2D eigenvalue weighted by Gasteiger charge is 2.36. The Morgan fingerprint density at radius 2 is 1.89 bits per heavy atom. The molecule has 0 saturated carbocycles. The number of likely N-dealkylation sites (N-methyl/N-ethyl adjacent to an activating group) is 1. The van der Waals surface area contributed by atoms with E-state index in [0.717, 1.165) is 42.5 Å². The number of aromatic nitrogens is 2. The Morgan fingerprint density at radius 3 is 2.39 bits per heavy atom. The first kappa shape index (κ1) is 24.7. The zero-order valence-corrected chi connectivity index (χ0v) is 19.8. The first-order chi connectivity index (χ1) is 12.8. The van der Waals surface area contributed by atoms with Crippen LogP contribution in [-0.2, 0) is 23.0 Å². The third-order valence-electron chi connectivity index (χ3n) is 5.95. The van der Waals surface area contributed by atoms with Gasteiger partial charge in [0.25, 0.3) is 0 Å². The van der Waals surface area contributed by atoms with Gasteiger partial charge in [0.15, 0.2) is 0 Å². The molecule has 28 heavy (non-hydrogen) atoms. The second kappa shape index (κ2) is 9.91. The van der Waals surface area contributed by atoms with Gasteiger partial charge in [-0.2, -0.15) is 0 Å². The molecule has 162 valence electrons. The molecule has 0 saturated heterocycles. The number of hydrogen-bond acceptors (Lipinski definition) is 3. The van der Waals surface area contributed by atoms with Gasteiger partial charge in [-0.25, -0.2) is 4.98 Å². The van der Waals surface area contributed by atoms with Gasteiger partial charge in [-0.05, 0) is 17.8 Å². The van der Waals surface area contributed by atoms with Crippen molar-refractivity contribution in [3.63, 3.8) is 0 Å². The molecular weight excluding hydrogens is 350 g/mol. The van der Waals surface area contributed by atoms with E-state index in [1.807, 2.05) is 17.9 Å². The van der Waals surface area contributed by atoms with Gasteiger partial charge in [0.2, 0.25) is 0 Å². The summed E-state index contributed by atoms with van der Waals surface area (Å²) in [7, 11) is 6.32. The van der Waals surface area contributed by atoms with Crippen molar-refractivity contribution in [2.45, 2.75) is 67.2 Å². The van der Waals surface area contributed by atoms with Gasteiger partial charge in [0.05, 0.1) is 52.2 Å². The van der Waals surface area contributed by atoms with Crippen LogP contribution in [-0.4, -0.2) is 53.8 Å². The van der Waals surface area contributed by atoms with Crippen LogP contribution in [0.25, 0.3) is 0 Å². The molecule has 0 N–H and O–H groups in total. The standard InChI is InChI=1S/C23H44N3O2/c1-10-19(2)23(6,16-22(3,4)5)17-28-21(27)12-14-26(8,9)13-11-20-15-25(7)18-24-20/h15,18-19H,10-14,16-17H2,1-9H3/q+1. The van der Waals surface area contributed by atoms with Crippen LogP contribution < -0.4 is 0 Å². The number of carbonyl (C=O) groups excluding carboxylic acids is 1. The quantitative estimate of drug-likeness (QED) is 0.411. The summed E-state index contributed by atoms with van der Waals surface area (Å²) in [6, 6.07) is 0. The lowest BCUT2D eigenvalue weighted by Gasteiger charge is -2.39. The summed E-state index contributed by atoms with van der Waals surface area (Å²) in [5, 5.41) is 0. The topological polar surface area (TPSA) is 44.1 Å². The molecule has 2 unspecified atom stereocenters. The van der Waals surface area contributed by atoms with Crippen molar-refractivity contribution in [3.8, 4) is 0 Å². The molecule has 1 aromatic heterocycles. The zero-order valence-electron chi connectivity index (χ0n) is 19.8. The highest BCUT2D eigenvalue weighted by Crippen LogP contribution is 2.41. The van der Waals surface area contributed by atoms with Crippen LogP contribution in [0.4, 0.5) is 0 Å². The normalized spacial score (nSPS) is 15.9. The van der Waals surface area contributed by atoms with Crippen LogP contribution in [0.2, 0.25) is 0 Å². The first-order valence-corrected chi connectivity index (χ1v) is 10.7. The number of imidazole rings is 1. The minimum atomic E-state index is -0.0764. The van der Waals surface area contributed by atoms with Crippen molar-refractivity contribution < 1.29 is 14.0 Å². The lowest BCUT2D eigenvalue weighted by atomic mass is 9.68. The van der Waals surface area contributed by atoms with Gasteiger partial charge in [0.1, 0.15) is 0 Å². The molecule has 1 aromatic rings. The number of nitrogens with zero attached hydrogens (tertiary/aromatic N) is 3. The summed E-state index contributed by atoms with van der Waals surface area (Å²) in [5.41, 5.74) is 1.34. The highest BCUT2D eigenvalue weighted by atomic mass is 16.5. The molecule has 0 radical (unpaired) electrons. The third kappa shape index (κ3) is 8.76. The van der Waals surface area contributed by atoms with Crippen molar-refractivity contribution >= 4 is 5.97 Å². The summed E-state index contributed by atoms with van der Waals surface area (Å²) in [4.78, 5) is 16.8. The van der Waals surface area contributed by atoms with Crippen molar-refractivity contribution in [2.24, 2.45) is 23.8 Å². The summed E-state index contributed by atoms with van der Waals surface area (Å²) in [6.07, 6.45) is 7.41. The Bertz CT molecular complexity index is 616. The molecule has 0 spiro atoms. The number of aryl methyl sites for hydroxylation is 1. The highest BCUT2D eigenvalue weighted by molar-refractivity contribution is 5.69. The molecule has 1 heterocycles. The first-order valence-electron chi connectivity index (χ1n) is 10.7. The summed E-state index contributed by atoms with van der Waals surface area (Å²) in [6.45, 7) is 15.8. The van der Waals surface area contributed by atoms with Crippen molar-refractivity contribution in [1.82, 2.24) is 9.55 Å². The van der Waals surface area contributed by atoms with Crippen LogP contribution in [0.5, 0.6) is 0 Å². The maximum Gasteiger partial charge on any atom is 0.311 e. The minimum Gasteiger partial charge on any atom is -0.465 e. The molecule has 0 aromatic carbocycles. The van der Waals surface area contributed by atoms with Gasteiger partial charge < -0.3 is 13.8 Å². The van der Waals surface area contributed by atoms with Gasteiger partial charge >= 0.3 is 5.97 Å². The van der Waals surface area contributed by atoms with Crippen molar-refractivity contribution in [3.05, 3.63) is 18.2 Å². The second-order valence-corrected chi connectivity index (χ2v) is 10.8. The Kier molecular flexibility index (Phi) is 8.73. The smallest absolute Gasteiger partial charge is 0.311 e. The third-order valence-corrected chi connectivity index (χ3v) is 5.95. The molecule has 5 heteroatoms. The molecule has 0 aliphatic carbocycles. The predicted octanol–water partition coefficient (Wildman–Crippen LogP) is 4.46. The SMILES string of the molecule is CCC(C)C(C)(COC(=O)CC[N+](C)(C)CCc1cn(C)cn1)CC(C)(C)C. The van der Waals surface area contributed by atoms with Gasteiger partial charge in [-0.1, -0.05) is 48.0 Å². The molecule has 5 nitrogen and oxygen atoms in total. The molecule has 0 fully saturated rings. The fraction of sp³-hybridized carbons (Fsp3) is 0.826. The summed E-state index contributed by atoms with van der Waals surface area (Å²) in [5.74, 6) is 0.442. The Labute approximate surface area is 173 Å². The van der Waals surface area contributed by atoms with E-state index in [1.165, 1.54) is 0 Å². The number of quaternary nitrogens is 1. The summed E-state index contributed by atoms with van der Waals surface area (Å²) < 4.78 is 8.53. The summed E-state index contributed by atoms with van der Waals surface area (Å²) >= 11 is 0. The number of hydrogen-bond donors (Lipinski definition) is 0. The van der Waals surface area contributed by atoms with E-state index in [1.54, 1.807) is 0 Å². The molecule has 2 atom stereocenters. The number of esters is 1. The lowest BCUT2D eigenvalue weighted by Crippen LogP contribution is -2.43. The van der Waals surface area contributed by atoms with E-state index in [2.05, 4.69) is 66.8 Å². The Morgan fingerprint density at radius 1 is 1.25 bits per heavy atom. The maximum atomic E-state index is 12.4. The van der Waals surface area contributed by atoms with E-state index in [4.69, 9.17) is 4.74 Å². The largest absolute Gasteiger partial charge is 0.465 e. The Hall–Kier alpha value is -1.36. The van der Waals surface area contributed by atoms with Crippen LogP contribution in [0.3, 0.4) is 0 Å². The maximum absolute atomic E-state index is 12.4. The molecule has 0 bridgehead atoms. The van der Waals surface area contributed by atoms with Crippen LogP contribution in [0.1, 0.15) is 66.5 Å². The molecule has 0 amide bonds. The van der Waals surface area contributed by atoms with E-state index in [9.17, 15) is 4.79 Å². The predicted molar refractivity (Wildman–Crippen MR) is 116 cm³/mol. The second-order valence-electron chi connectivity index (χ2n) is 10.8. The zero-order chi connectivity index (χ0) is 21.6. The minimum absolute atomic E-state index is 0.0199. The van der Waals surface area contributed by atoms with E-state index < -0.39 is 0 Å². The molecule has 0 aliphatic rings. The fourth-order valence-electron chi connectivity index (χ4n) is 3.91. The van der Waals surface area contributed by atoms with Crippen molar-refractivity contribution in [2.75, 3.05) is 33.8 Å². The lowest BCUT2D eigenvalue weighted by molar-refractivity contribution is -0.889. The van der Waals surface area contributed by atoms with Crippen LogP contribution >= 0.6 is 0 Å². The van der Waals surface area contributed by atoms with Gasteiger partial charge in [-0.15, -0.1) is 0 Å². The molecule has 0 aliphatic heterocycles. The Balaban J connectivity index is 2.50. The molecule has 1 rings (SSSR count). The van der Waals surface area contributed by atoms with E-state index in [0.29, 0.717) is 18.9 Å².